The first-order chi connectivity index (χ1) is 9.63. The molecule has 0 radical (unpaired) electrons. The van der Waals surface area contributed by atoms with Crippen molar-refractivity contribution in [2.45, 2.75) is 13.8 Å². The van der Waals surface area contributed by atoms with Crippen LogP contribution in [0.1, 0.15) is 10.4 Å². The first-order valence-corrected chi connectivity index (χ1v) is 7.38. The number of benzene rings is 2. The van der Waals surface area contributed by atoms with Gasteiger partial charge in [0, 0.05) is 15.3 Å². The minimum atomic E-state index is -0.169. The molecule has 3 aromatic rings. The molecule has 1 heterocycles. The highest BCUT2D eigenvalue weighted by Crippen LogP contribution is 2.31. The summed E-state index contributed by atoms with van der Waals surface area (Å²) in [4.78, 5) is 2.35. The zero-order valence-electron chi connectivity index (χ0n) is 11.5. The Hall–Kier alpha value is -1.93. The maximum absolute atomic E-state index is 14.3. The van der Waals surface area contributed by atoms with E-state index in [1.54, 1.807) is 17.4 Å². The van der Waals surface area contributed by atoms with Gasteiger partial charge in [-0.3, -0.25) is 0 Å². The number of thiophene rings is 1. The second-order valence-corrected chi connectivity index (χ2v) is 6.26. The third kappa shape index (κ3) is 2.52. The van der Waals surface area contributed by atoms with Crippen molar-refractivity contribution in [1.82, 2.24) is 0 Å². The van der Waals surface area contributed by atoms with Crippen LogP contribution >= 0.6 is 11.3 Å². The van der Waals surface area contributed by atoms with Crippen LogP contribution in [0, 0.1) is 19.7 Å². The highest BCUT2D eigenvalue weighted by molar-refractivity contribution is 7.15. The van der Waals surface area contributed by atoms with E-state index >= 15 is 0 Å². The third-order valence-electron chi connectivity index (χ3n) is 3.36. The molecule has 0 unspecified atom stereocenters. The molecule has 0 fully saturated rings. The van der Waals surface area contributed by atoms with Crippen LogP contribution in [-0.4, -0.2) is 0 Å². The molecule has 0 amide bonds. The van der Waals surface area contributed by atoms with Crippen LogP contribution in [0.5, 0.6) is 0 Å². The zero-order chi connectivity index (χ0) is 14.1. The van der Waals surface area contributed by atoms with Gasteiger partial charge in [-0.05, 0) is 43.2 Å². The summed E-state index contributed by atoms with van der Waals surface area (Å²) in [5.41, 5.74) is 3.69. The van der Waals surface area contributed by atoms with Gasteiger partial charge in [0.05, 0.1) is 0 Å². The predicted molar refractivity (Wildman–Crippen MR) is 84.6 cm³/mol. The van der Waals surface area contributed by atoms with Gasteiger partial charge >= 0.3 is 0 Å². The van der Waals surface area contributed by atoms with Gasteiger partial charge in [0.15, 0.2) is 0 Å². The Labute approximate surface area is 122 Å². The van der Waals surface area contributed by atoms with Gasteiger partial charge in [0.1, 0.15) is 5.82 Å². The summed E-state index contributed by atoms with van der Waals surface area (Å²) >= 11 is 1.69. The third-order valence-corrected chi connectivity index (χ3v) is 4.41. The van der Waals surface area contributed by atoms with E-state index in [0.29, 0.717) is 5.56 Å². The topological polar surface area (TPSA) is 0 Å². The molecular weight excluding hydrogens is 267 g/mol. The standard InChI is InChI=1S/C18H15FS/c1-12-3-6-14(7-4-12)16-9-8-15(11-17(16)19)18-10-5-13(2)20-18/h3-11H,1-2H3. The second kappa shape index (κ2) is 5.22. The SMILES string of the molecule is Cc1ccc(-c2ccc(-c3ccc(C)s3)cc2F)cc1. The van der Waals surface area contributed by atoms with Gasteiger partial charge < -0.3 is 0 Å². The van der Waals surface area contributed by atoms with Crippen LogP contribution in [0.3, 0.4) is 0 Å². The van der Waals surface area contributed by atoms with Crippen molar-refractivity contribution < 1.29 is 4.39 Å². The number of halogens is 1. The van der Waals surface area contributed by atoms with Crippen LogP contribution in [0.2, 0.25) is 0 Å². The van der Waals surface area contributed by atoms with E-state index in [9.17, 15) is 4.39 Å². The van der Waals surface area contributed by atoms with Crippen molar-refractivity contribution in [2.75, 3.05) is 0 Å². The van der Waals surface area contributed by atoms with Gasteiger partial charge in [-0.1, -0.05) is 42.0 Å². The molecule has 3 rings (SSSR count). The lowest BCUT2D eigenvalue weighted by molar-refractivity contribution is 0.632. The van der Waals surface area contributed by atoms with Crippen LogP contribution in [0.25, 0.3) is 21.6 Å². The quantitative estimate of drug-likeness (QED) is 0.554. The highest BCUT2D eigenvalue weighted by Gasteiger charge is 2.08. The molecular formula is C18H15FS. The Morgan fingerprint density at radius 3 is 2.10 bits per heavy atom. The van der Waals surface area contributed by atoms with Gasteiger partial charge in [-0.25, -0.2) is 4.39 Å². The second-order valence-electron chi connectivity index (χ2n) is 4.97. The molecule has 0 saturated carbocycles. The minimum Gasteiger partial charge on any atom is -0.206 e. The maximum atomic E-state index is 14.3. The molecule has 0 aliphatic carbocycles. The smallest absolute Gasteiger partial charge is 0.131 e. The number of hydrogen-bond donors (Lipinski definition) is 0. The zero-order valence-corrected chi connectivity index (χ0v) is 12.3. The normalized spacial score (nSPS) is 10.8. The van der Waals surface area contributed by atoms with E-state index in [1.807, 2.05) is 49.4 Å². The first kappa shape index (κ1) is 13.1. The lowest BCUT2D eigenvalue weighted by atomic mass is 10.0. The van der Waals surface area contributed by atoms with Crippen molar-refractivity contribution in [3.63, 3.8) is 0 Å². The van der Waals surface area contributed by atoms with Crippen LogP contribution in [-0.2, 0) is 0 Å². The summed E-state index contributed by atoms with van der Waals surface area (Å²) in [6.45, 7) is 4.09. The van der Waals surface area contributed by atoms with E-state index in [-0.39, 0.29) is 5.82 Å². The summed E-state index contributed by atoms with van der Waals surface area (Å²) in [6.07, 6.45) is 0. The van der Waals surface area contributed by atoms with E-state index in [2.05, 4.69) is 13.0 Å². The number of rotatable bonds is 2. The lowest BCUT2D eigenvalue weighted by Gasteiger charge is -2.06. The summed E-state index contributed by atoms with van der Waals surface area (Å²) < 4.78 is 14.3. The predicted octanol–water partition coefficient (Wildman–Crippen LogP) is 5.84. The van der Waals surface area contributed by atoms with E-state index < -0.39 is 0 Å². The largest absolute Gasteiger partial charge is 0.206 e. The molecule has 0 atom stereocenters. The van der Waals surface area contributed by atoms with Crippen molar-refractivity contribution in [1.29, 1.82) is 0 Å². The van der Waals surface area contributed by atoms with Crippen LogP contribution in [0.4, 0.5) is 4.39 Å². The Kier molecular flexibility index (Phi) is 3.41. The van der Waals surface area contributed by atoms with Crippen LogP contribution < -0.4 is 0 Å². The van der Waals surface area contributed by atoms with Gasteiger partial charge in [-0.2, -0.15) is 0 Å². The van der Waals surface area contributed by atoms with Gasteiger partial charge in [0.25, 0.3) is 0 Å². The Balaban J connectivity index is 2.01. The van der Waals surface area contributed by atoms with Gasteiger partial charge in [-0.15, -0.1) is 11.3 Å². The van der Waals surface area contributed by atoms with Crippen LogP contribution in [0.15, 0.2) is 54.6 Å². The molecule has 1 aromatic heterocycles. The summed E-state index contributed by atoms with van der Waals surface area (Å²) in [7, 11) is 0. The van der Waals surface area contributed by atoms with E-state index in [4.69, 9.17) is 0 Å². The highest BCUT2D eigenvalue weighted by atomic mass is 32.1. The molecule has 2 heteroatoms. The van der Waals surface area contributed by atoms with Crippen molar-refractivity contribution in [3.8, 4) is 21.6 Å². The van der Waals surface area contributed by atoms with E-state index in [1.165, 1.54) is 10.4 Å². The molecule has 0 aliphatic rings. The molecule has 0 N–H and O–H groups in total. The maximum Gasteiger partial charge on any atom is 0.131 e. The summed E-state index contributed by atoms with van der Waals surface area (Å²) in [5.74, 6) is -0.169. The summed E-state index contributed by atoms with van der Waals surface area (Å²) in [5, 5.41) is 0. The Morgan fingerprint density at radius 1 is 0.800 bits per heavy atom. The Morgan fingerprint density at radius 2 is 1.50 bits per heavy atom. The molecule has 0 nitrogen and oxygen atoms in total. The molecule has 0 bridgehead atoms. The number of aryl methyl sites for hydroxylation is 2. The van der Waals surface area contributed by atoms with Crippen molar-refractivity contribution in [3.05, 3.63) is 70.9 Å². The summed E-state index contributed by atoms with van der Waals surface area (Å²) in [6, 6.07) is 17.5. The fourth-order valence-electron chi connectivity index (χ4n) is 2.23. The molecule has 0 spiro atoms. The van der Waals surface area contributed by atoms with E-state index in [0.717, 1.165) is 16.0 Å². The lowest BCUT2D eigenvalue weighted by Crippen LogP contribution is -1.86. The minimum absolute atomic E-state index is 0.169. The molecule has 100 valence electrons. The average molecular weight is 282 g/mol. The average Bonchev–Trinajstić information content (AvgIpc) is 2.87. The number of hydrogen-bond acceptors (Lipinski definition) is 1. The van der Waals surface area contributed by atoms with Gasteiger partial charge in [0.2, 0.25) is 0 Å². The Bertz CT molecular complexity index is 738. The molecule has 2 aromatic carbocycles. The fraction of sp³-hybridized carbons (Fsp3) is 0.111. The molecule has 20 heavy (non-hydrogen) atoms. The monoisotopic (exact) mass is 282 g/mol. The molecule has 0 aliphatic heterocycles. The van der Waals surface area contributed by atoms with Crippen molar-refractivity contribution >= 4 is 11.3 Å². The van der Waals surface area contributed by atoms with Crippen molar-refractivity contribution in [2.24, 2.45) is 0 Å². The first-order valence-electron chi connectivity index (χ1n) is 6.57. The fourth-order valence-corrected chi connectivity index (χ4v) is 3.09. The molecule has 0 saturated heterocycles.